The molecule has 8 nitrogen and oxygen atoms in total. The monoisotopic (exact) mass is 406 g/mol. The fourth-order valence-electron chi connectivity index (χ4n) is 3.15. The number of hydrogen-bond acceptors (Lipinski definition) is 5. The molecule has 0 atom stereocenters. The summed E-state index contributed by atoms with van der Waals surface area (Å²) in [4.78, 5) is 12.6. The minimum absolute atomic E-state index is 0.175. The minimum Gasteiger partial charge on any atom is -0.379 e. The van der Waals surface area contributed by atoms with Gasteiger partial charge in [0, 0.05) is 37.4 Å². The summed E-state index contributed by atoms with van der Waals surface area (Å²) < 4.78 is 34.1. The second kappa shape index (κ2) is 8.42. The van der Waals surface area contributed by atoms with Crippen molar-refractivity contribution in [3.05, 3.63) is 41.2 Å². The first-order chi connectivity index (χ1) is 13.3. The molecular weight excluding hydrogens is 380 g/mol. The molecule has 2 heterocycles. The van der Waals surface area contributed by atoms with Gasteiger partial charge in [0.1, 0.15) is 0 Å². The molecule has 28 heavy (non-hydrogen) atoms. The fourth-order valence-corrected chi connectivity index (χ4v) is 4.59. The summed E-state index contributed by atoms with van der Waals surface area (Å²) in [5, 5.41) is 7.18. The van der Waals surface area contributed by atoms with Crippen molar-refractivity contribution in [1.29, 1.82) is 0 Å². The number of anilines is 1. The van der Waals surface area contributed by atoms with Gasteiger partial charge in [0.25, 0.3) is 0 Å². The number of nitrogens with one attached hydrogen (secondary N) is 1. The minimum atomic E-state index is -3.61. The maximum Gasteiger partial charge on any atom is 0.243 e. The van der Waals surface area contributed by atoms with Gasteiger partial charge in [0.05, 0.1) is 23.8 Å². The zero-order valence-corrected chi connectivity index (χ0v) is 17.3. The maximum atomic E-state index is 12.8. The molecular formula is C19H26N4O4S. The molecule has 0 radical (unpaired) electrons. The lowest BCUT2D eigenvalue weighted by molar-refractivity contribution is -0.116. The van der Waals surface area contributed by atoms with E-state index in [2.05, 4.69) is 10.4 Å². The van der Waals surface area contributed by atoms with Gasteiger partial charge in [-0.05, 0) is 44.5 Å². The van der Waals surface area contributed by atoms with Gasteiger partial charge in [-0.15, -0.1) is 0 Å². The summed E-state index contributed by atoms with van der Waals surface area (Å²) >= 11 is 0. The highest BCUT2D eigenvalue weighted by Crippen LogP contribution is 2.24. The molecule has 0 saturated carbocycles. The zero-order chi connectivity index (χ0) is 20.3. The third-order valence-electron chi connectivity index (χ3n) is 4.74. The van der Waals surface area contributed by atoms with Crippen LogP contribution in [0.1, 0.15) is 23.4 Å². The standard InChI is InChI=1S/C19H26N4O4S/c1-14-4-5-17(28(25,26)22-8-10-27-11-9-22)13-18(14)20-19(24)6-7-23-16(3)12-15(2)21-23/h4-5,12-13H,6-11H2,1-3H3,(H,20,24). The zero-order valence-electron chi connectivity index (χ0n) is 16.4. The Morgan fingerprint density at radius 1 is 1.18 bits per heavy atom. The maximum absolute atomic E-state index is 12.8. The molecule has 0 bridgehead atoms. The second-order valence-electron chi connectivity index (χ2n) is 6.94. The Bertz CT molecular complexity index is 962. The molecule has 0 aliphatic carbocycles. The molecule has 2 aromatic rings. The van der Waals surface area contributed by atoms with Crippen LogP contribution in [0.4, 0.5) is 5.69 Å². The van der Waals surface area contributed by atoms with Crippen LogP contribution in [0, 0.1) is 20.8 Å². The quantitative estimate of drug-likeness (QED) is 0.790. The molecule has 1 N–H and O–H groups in total. The summed E-state index contributed by atoms with van der Waals surface area (Å²) in [6.07, 6.45) is 0.252. The molecule has 1 aliphatic rings. The summed E-state index contributed by atoms with van der Waals surface area (Å²) in [6.45, 7) is 7.61. The van der Waals surface area contributed by atoms with Gasteiger partial charge in [-0.25, -0.2) is 8.42 Å². The van der Waals surface area contributed by atoms with Crippen molar-refractivity contribution < 1.29 is 17.9 Å². The number of carbonyl (C=O) groups is 1. The predicted octanol–water partition coefficient (Wildman–Crippen LogP) is 1.86. The Balaban J connectivity index is 1.70. The van der Waals surface area contributed by atoms with Gasteiger partial charge >= 0.3 is 0 Å². The molecule has 152 valence electrons. The van der Waals surface area contributed by atoms with E-state index in [0.717, 1.165) is 17.0 Å². The number of nitrogens with zero attached hydrogens (tertiary/aromatic N) is 3. The molecule has 1 aromatic heterocycles. The van der Waals surface area contributed by atoms with Crippen molar-refractivity contribution in [3.63, 3.8) is 0 Å². The van der Waals surface area contributed by atoms with Crippen molar-refractivity contribution >= 4 is 21.6 Å². The summed E-state index contributed by atoms with van der Waals surface area (Å²) in [6, 6.07) is 6.78. The number of amides is 1. The van der Waals surface area contributed by atoms with E-state index < -0.39 is 10.0 Å². The van der Waals surface area contributed by atoms with Crippen molar-refractivity contribution in [2.45, 2.75) is 38.6 Å². The lowest BCUT2D eigenvalue weighted by atomic mass is 10.2. The van der Waals surface area contributed by atoms with E-state index in [1.165, 1.54) is 10.4 Å². The lowest BCUT2D eigenvalue weighted by Gasteiger charge is -2.26. The Labute approximate surface area is 165 Å². The first-order valence-corrected chi connectivity index (χ1v) is 10.7. The Kier molecular flexibility index (Phi) is 6.17. The van der Waals surface area contributed by atoms with E-state index in [-0.39, 0.29) is 17.2 Å². The van der Waals surface area contributed by atoms with Gasteiger partial charge in [0.2, 0.25) is 15.9 Å². The van der Waals surface area contributed by atoms with Gasteiger partial charge in [-0.2, -0.15) is 9.40 Å². The molecule has 3 rings (SSSR count). The number of benzene rings is 1. The number of ether oxygens (including phenoxy) is 1. The molecule has 0 spiro atoms. The molecule has 1 aromatic carbocycles. The largest absolute Gasteiger partial charge is 0.379 e. The van der Waals surface area contributed by atoms with Gasteiger partial charge in [-0.3, -0.25) is 9.48 Å². The number of sulfonamides is 1. The van der Waals surface area contributed by atoms with Crippen molar-refractivity contribution in [1.82, 2.24) is 14.1 Å². The fraction of sp³-hybridized carbons (Fsp3) is 0.474. The number of rotatable bonds is 6. The molecule has 1 saturated heterocycles. The van der Waals surface area contributed by atoms with Crippen LogP contribution < -0.4 is 5.32 Å². The van der Waals surface area contributed by atoms with Gasteiger partial charge in [0.15, 0.2) is 0 Å². The molecule has 9 heteroatoms. The van der Waals surface area contributed by atoms with Crippen molar-refractivity contribution in [2.24, 2.45) is 0 Å². The van der Waals surface area contributed by atoms with Crippen LogP contribution in [0.3, 0.4) is 0 Å². The average molecular weight is 407 g/mol. The normalized spacial score (nSPS) is 15.5. The van der Waals surface area contributed by atoms with Crippen molar-refractivity contribution in [3.8, 4) is 0 Å². The van der Waals surface area contributed by atoms with Crippen LogP contribution in [0.25, 0.3) is 0 Å². The topological polar surface area (TPSA) is 93.5 Å². The highest BCUT2D eigenvalue weighted by atomic mass is 32.2. The molecule has 1 fully saturated rings. The first-order valence-electron chi connectivity index (χ1n) is 9.27. The second-order valence-corrected chi connectivity index (χ2v) is 8.88. The van der Waals surface area contributed by atoms with Gasteiger partial charge in [-0.1, -0.05) is 6.07 Å². The summed E-state index contributed by atoms with van der Waals surface area (Å²) in [5.41, 5.74) is 3.22. The first kappa shape index (κ1) is 20.5. The van der Waals surface area contributed by atoms with E-state index in [1.54, 1.807) is 16.8 Å². The number of aromatic nitrogens is 2. The number of hydrogen-bond donors (Lipinski definition) is 1. The average Bonchev–Trinajstić information content (AvgIpc) is 2.99. The summed E-state index contributed by atoms with van der Waals surface area (Å²) in [7, 11) is -3.61. The Morgan fingerprint density at radius 3 is 2.54 bits per heavy atom. The highest BCUT2D eigenvalue weighted by Gasteiger charge is 2.26. The smallest absolute Gasteiger partial charge is 0.243 e. The van der Waals surface area contributed by atoms with Crippen LogP contribution in [0.2, 0.25) is 0 Å². The number of morpholine rings is 1. The molecule has 1 aliphatic heterocycles. The summed E-state index contributed by atoms with van der Waals surface area (Å²) in [5.74, 6) is -0.184. The molecule has 0 unspecified atom stereocenters. The van der Waals surface area contributed by atoms with E-state index >= 15 is 0 Å². The van der Waals surface area contributed by atoms with Crippen LogP contribution >= 0.6 is 0 Å². The number of aryl methyl sites for hydroxylation is 4. The van der Waals surface area contributed by atoms with Crippen LogP contribution in [-0.2, 0) is 26.1 Å². The van der Waals surface area contributed by atoms with Crippen molar-refractivity contribution in [2.75, 3.05) is 31.6 Å². The van der Waals surface area contributed by atoms with E-state index in [4.69, 9.17) is 4.74 Å². The Morgan fingerprint density at radius 2 is 1.89 bits per heavy atom. The van der Waals surface area contributed by atoms with E-state index in [9.17, 15) is 13.2 Å². The SMILES string of the molecule is Cc1cc(C)n(CCC(=O)Nc2cc(S(=O)(=O)N3CCOCC3)ccc2C)n1. The van der Waals surface area contributed by atoms with Gasteiger partial charge < -0.3 is 10.1 Å². The van der Waals surface area contributed by atoms with Crippen LogP contribution in [0.15, 0.2) is 29.2 Å². The molecule has 1 amide bonds. The lowest BCUT2D eigenvalue weighted by Crippen LogP contribution is -2.40. The van der Waals surface area contributed by atoms with E-state index in [0.29, 0.717) is 38.5 Å². The van der Waals surface area contributed by atoms with Crippen LogP contribution in [0.5, 0.6) is 0 Å². The van der Waals surface area contributed by atoms with Crippen LogP contribution in [-0.4, -0.2) is 54.7 Å². The predicted molar refractivity (Wildman–Crippen MR) is 106 cm³/mol. The van der Waals surface area contributed by atoms with E-state index in [1.807, 2.05) is 26.8 Å². The number of carbonyl (C=O) groups excluding carboxylic acids is 1. The third kappa shape index (κ3) is 4.60. The highest BCUT2D eigenvalue weighted by molar-refractivity contribution is 7.89. The third-order valence-corrected chi connectivity index (χ3v) is 6.64. The Hall–Kier alpha value is -2.23.